The molecule has 4 atom stereocenters. The number of aryl methyl sites for hydroxylation is 2. The molecule has 26 heavy (non-hydrogen) atoms. The molecular formula is C22H19NO3. The van der Waals surface area contributed by atoms with Crippen LogP contribution in [0.1, 0.15) is 40.5 Å². The fraction of sp³-hybridized carbons (Fsp3) is 0.318. The molecule has 6 rings (SSSR count). The number of Topliss-reactive ketones (excluding diaryl/α,β-unsaturated/α-hetero) is 1. The molecule has 2 bridgehead atoms. The van der Waals surface area contributed by atoms with Crippen LogP contribution in [-0.4, -0.2) is 17.6 Å². The van der Waals surface area contributed by atoms with Crippen molar-refractivity contribution in [2.45, 2.75) is 32.1 Å². The van der Waals surface area contributed by atoms with Crippen molar-refractivity contribution in [2.75, 3.05) is 4.90 Å². The zero-order valence-electron chi connectivity index (χ0n) is 14.7. The van der Waals surface area contributed by atoms with Crippen LogP contribution in [0.5, 0.6) is 0 Å². The molecule has 1 heterocycles. The van der Waals surface area contributed by atoms with E-state index in [1.165, 1.54) is 4.90 Å². The average Bonchev–Trinajstić information content (AvgIpc) is 2.90. The van der Waals surface area contributed by atoms with Crippen molar-refractivity contribution >= 4 is 23.3 Å². The number of rotatable bonds is 1. The lowest BCUT2D eigenvalue weighted by Gasteiger charge is -2.43. The Morgan fingerprint density at radius 2 is 1.54 bits per heavy atom. The van der Waals surface area contributed by atoms with Gasteiger partial charge in [-0.1, -0.05) is 30.3 Å². The average molecular weight is 345 g/mol. The van der Waals surface area contributed by atoms with Gasteiger partial charge in [-0.3, -0.25) is 14.4 Å². The topological polar surface area (TPSA) is 54.5 Å². The lowest BCUT2D eigenvalue weighted by atomic mass is 9.56. The minimum Gasteiger partial charge on any atom is -0.299 e. The number of carbonyl (C=O) groups is 3. The van der Waals surface area contributed by atoms with E-state index in [0.29, 0.717) is 12.1 Å². The number of benzene rings is 2. The minimum atomic E-state index is -0.551. The second-order valence-corrected chi connectivity index (χ2v) is 7.72. The van der Waals surface area contributed by atoms with Gasteiger partial charge < -0.3 is 0 Å². The number of hydrogen-bond donors (Lipinski definition) is 0. The van der Waals surface area contributed by atoms with Gasteiger partial charge >= 0.3 is 0 Å². The van der Waals surface area contributed by atoms with Gasteiger partial charge in [-0.05, 0) is 48.2 Å². The molecule has 2 fully saturated rings. The molecule has 3 aliphatic carbocycles. The van der Waals surface area contributed by atoms with Crippen LogP contribution in [0.3, 0.4) is 0 Å². The summed E-state index contributed by atoms with van der Waals surface area (Å²) in [6, 6.07) is 13.4. The predicted molar refractivity (Wildman–Crippen MR) is 96.9 cm³/mol. The van der Waals surface area contributed by atoms with E-state index in [1.54, 1.807) is 0 Å². The standard InChI is InChI=1S/C22H19NO3/c1-11-7-8-13(9-12(11)2)23-21(25)19-16-10-17(24)18(20(19)22(23)26)15-6-4-3-5-14(15)16/h3-9,16,18-20H,10H2,1-2H3/t16-,18+,19+,20+/m0/s1. The fourth-order valence-electron chi connectivity index (χ4n) is 5.08. The predicted octanol–water partition coefficient (Wildman–Crippen LogP) is 3.26. The highest BCUT2D eigenvalue weighted by molar-refractivity contribution is 6.24. The van der Waals surface area contributed by atoms with Crippen LogP contribution >= 0.6 is 0 Å². The van der Waals surface area contributed by atoms with Crippen molar-refractivity contribution in [1.82, 2.24) is 0 Å². The number of anilines is 1. The van der Waals surface area contributed by atoms with Gasteiger partial charge in [0.05, 0.1) is 23.4 Å². The van der Waals surface area contributed by atoms with Crippen LogP contribution in [0.15, 0.2) is 42.5 Å². The highest BCUT2D eigenvalue weighted by Gasteiger charge is 2.62. The summed E-state index contributed by atoms with van der Waals surface area (Å²) in [7, 11) is 0. The Kier molecular flexibility index (Phi) is 3.06. The molecule has 1 aliphatic heterocycles. The number of imide groups is 1. The molecular weight excluding hydrogens is 326 g/mol. The van der Waals surface area contributed by atoms with Crippen molar-refractivity contribution in [3.63, 3.8) is 0 Å². The van der Waals surface area contributed by atoms with Crippen molar-refractivity contribution in [1.29, 1.82) is 0 Å². The molecule has 1 saturated carbocycles. The molecule has 2 aromatic rings. The quantitative estimate of drug-likeness (QED) is 0.746. The Balaban J connectivity index is 1.65. The van der Waals surface area contributed by atoms with Crippen LogP contribution in [0.25, 0.3) is 0 Å². The molecule has 4 heteroatoms. The van der Waals surface area contributed by atoms with Gasteiger partial charge in [0, 0.05) is 12.3 Å². The summed E-state index contributed by atoms with van der Waals surface area (Å²) in [5, 5.41) is 0. The molecule has 4 aliphatic rings. The maximum Gasteiger partial charge on any atom is 0.238 e. The minimum absolute atomic E-state index is 0.0954. The fourth-order valence-corrected chi connectivity index (χ4v) is 5.08. The summed E-state index contributed by atoms with van der Waals surface area (Å²) >= 11 is 0. The first-order valence-corrected chi connectivity index (χ1v) is 9.05. The van der Waals surface area contributed by atoms with Crippen molar-refractivity contribution < 1.29 is 14.4 Å². The van der Waals surface area contributed by atoms with Crippen molar-refractivity contribution in [2.24, 2.45) is 11.8 Å². The summed E-state index contributed by atoms with van der Waals surface area (Å²) in [6.45, 7) is 3.97. The van der Waals surface area contributed by atoms with Gasteiger partial charge in [0.1, 0.15) is 5.78 Å². The maximum absolute atomic E-state index is 13.2. The second-order valence-electron chi connectivity index (χ2n) is 7.72. The summed E-state index contributed by atoms with van der Waals surface area (Å²) in [4.78, 5) is 40.5. The Hall–Kier alpha value is -2.75. The monoisotopic (exact) mass is 345 g/mol. The summed E-state index contributed by atoms with van der Waals surface area (Å²) in [5.41, 5.74) is 4.79. The molecule has 0 radical (unpaired) electrons. The Bertz CT molecular complexity index is 993. The lowest BCUT2D eigenvalue weighted by Crippen LogP contribution is -2.44. The number of hydrogen-bond acceptors (Lipinski definition) is 3. The van der Waals surface area contributed by atoms with Crippen molar-refractivity contribution in [3.05, 3.63) is 64.7 Å². The molecule has 0 aromatic heterocycles. The molecule has 0 unspecified atom stereocenters. The van der Waals surface area contributed by atoms with Gasteiger partial charge in [-0.15, -0.1) is 0 Å². The van der Waals surface area contributed by atoms with Crippen LogP contribution in [0, 0.1) is 25.7 Å². The van der Waals surface area contributed by atoms with Gasteiger partial charge in [0.15, 0.2) is 0 Å². The molecule has 0 N–H and O–H groups in total. The van der Waals surface area contributed by atoms with Gasteiger partial charge in [-0.25, -0.2) is 4.90 Å². The Morgan fingerprint density at radius 1 is 0.846 bits per heavy atom. The maximum atomic E-state index is 13.2. The van der Waals surface area contributed by atoms with E-state index in [4.69, 9.17) is 0 Å². The molecule has 0 spiro atoms. The van der Waals surface area contributed by atoms with Crippen LogP contribution in [0.4, 0.5) is 5.69 Å². The molecule has 4 nitrogen and oxygen atoms in total. The van der Waals surface area contributed by atoms with Gasteiger partial charge in [-0.2, -0.15) is 0 Å². The largest absolute Gasteiger partial charge is 0.299 e. The molecule has 2 aromatic carbocycles. The third kappa shape index (κ3) is 1.82. The van der Waals surface area contributed by atoms with E-state index in [0.717, 1.165) is 22.3 Å². The normalized spacial score (nSPS) is 29.2. The van der Waals surface area contributed by atoms with E-state index in [-0.39, 0.29) is 23.5 Å². The van der Waals surface area contributed by atoms with Crippen LogP contribution in [-0.2, 0) is 14.4 Å². The SMILES string of the molecule is Cc1ccc(N2C(=O)[C@H]3[C@H](C2=O)[C@H]2C(=O)C[C@H]3c3ccccc32)cc1C. The van der Waals surface area contributed by atoms with Crippen molar-refractivity contribution in [3.8, 4) is 0 Å². The van der Waals surface area contributed by atoms with E-state index >= 15 is 0 Å². The summed E-state index contributed by atoms with van der Waals surface area (Å²) in [6.07, 6.45) is 0.364. The first-order valence-electron chi connectivity index (χ1n) is 9.05. The smallest absolute Gasteiger partial charge is 0.238 e. The second kappa shape index (κ2) is 5.13. The van der Waals surface area contributed by atoms with Crippen LogP contribution in [0.2, 0.25) is 0 Å². The first kappa shape index (κ1) is 15.5. The van der Waals surface area contributed by atoms with Gasteiger partial charge in [0.2, 0.25) is 11.8 Å². The van der Waals surface area contributed by atoms with E-state index in [2.05, 4.69) is 0 Å². The number of ketones is 1. The molecule has 130 valence electrons. The third-order valence-electron chi connectivity index (χ3n) is 6.44. The number of carbonyl (C=O) groups excluding carboxylic acids is 3. The first-order chi connectivity index (χ1) is 12.5. The molecule has 2 amide bonds. The Morgan fingerprint density at radius 3 is 2.27 bits per heavy atom. The summed E-state index contributed by atoms with van der Waals surface area (Å²) < 4.78 is 0. The van der Waals surface area contributed by atoms with Crippen LogP contribution < -0.4 is 4.90 Å². The zero-order chi connectivity index (χ0) is 18.2. The highest BCUT2D eigenvalue weighted by Crippen LogP contribution is 2.57. The molecule has 1 saturated heterocycles. The summed E-state index contributed by atoms with van der Waals surface area (Å²) in [5.74, 6) is -1.90. The number of amides is 2. The number of fused-ring (bicyclic) bond motifs is 1. The number of nitrogens with zero attached hydrogens (tertiary/aromatic N) is 1. The van der Waals surface area contributed by atoms with Gasteiger partial charge in [0.25, 0.3) is 0 Å². The Labute approximate surface area is 151 Å². The van der Waals surface area contributed by atoms with E-state index in [9.17, 15) is 14.4 Å². The van der Waals surface area contributed by atoms with E-state index < -0.39 is 17.8 Å². The zero-order valence-corrected chi connectivity index (χ0v) is 14.7. The van der Waals surface area contributed by atoms with E-state index in [1.807, 2.05) is 56.3 Å². The third-order valence-corrected chi connectivity index (χ3v) is 6.44. The highest BCUT2D eigenvalue weighted by atomic mass is 16.2. The lowest BCUT2D eigenvalue weighted by molar-refractivity contribution is -0.134.